The van der Waals surface area contributed by atoms with Gasteiger partial charge in [-0.2, -0.15) is 13.2 Å². The summed E-state index contributed by atoms with van der Waals surface area (Å²) in [6.07, 6.45) is -3.04. The average Bonchev–Trinajstić information content (AvgIpc) is 3.19. The quantitative estimate of drug-likeness (QED) is 0.641. The number of amides is 2. The van der Waals surface area contributed by atoms with Gasteiger partial charge in [0.2, 0.25) is 0 Å². The first-order chi connectivity index (χ1) is 15.7. The molecule has 2 amide bonds. The highest BCUT2D eigenvalue weighted by Gasteiger charge is 2.37. The number of benzene rings is 1. The zero-order valence-corrected chi connectivity index (χ0v) is 19.3. The number of halogens is 3. The summed E-state index contributed by atoms with van der Waals surface area (Å²) < 4.78 is 39.3. The van der Waals surface area contributed by atoms with Crippen LogP contribution in [0.25, 0.3) is 10.1 Å². The minimum absolute atomic E-state index is 0.0957. The topological polar surface area (TPSA) is 69.9 Å². The number of alkyl halides is 3. The van der Waals surface area contributed by atoms with Crippen molar-refractivity contribution in [3.05, 3.63) is 57.8 Å². The first kappa shape index (κ1) is 23.7. The van der Waals surface area contributed by atoms with E-state index in [0.29, 0.717) is 59.1 Å². The number of nitrogens with two attached hydrogens (primary N) is 1. The highest BCUT2D eigenvalue weighted by molar-refractivity contribution is 8.06. The Kier molecular flexibility index (Phi) is 6.73. The van der Waals surface area contributed by atoms with Gasteiger partial charge in [0.1, 0.15) is 0 Å². The second-order valence-electron chi connectivity index (χ2n) is 7.92. The predicted octanol–water partition coefficient (Wildman–Crippen LogP) is 3.57. The molecule has 2 aliphatic heterocycles. The van der Waals surface area contributed by atoms with Crippen LogP contribution < -0.4 is 5.73 Å². The van der Waals surface area contributed by atoms with Crippen LogP contribution in [0.4, 0.5) is 13.2 Å². The number of rotatable bonds is 5. The van der Waals surface area contributed by atoms with Crippen molar-refractivity contribution >= 4 is 45.0 Å². The lowest BCUT2D eigenvalue weighted by atomic mass is 10.1. The van der Waals surface area contributed by atoms with Crippen LogP contribution in [0.1, 0.15) is 15.2 Å². The second-order valence-corrected chi connectivity index (χ2v) is 10.0. The number of nitrogens with zero attached hydrogens (tertiary/aromatic N) is 3. The Bertz CT molecular complexity index is 1100. The van der Waals surface area contributed by atoms with Crippen molar-refractivity contribution in [1.82, 2.24) is 14.7 Å². The van der Waals surface area contributed by atoms with Crippen molar-refractivity contribution in [2.45, 2.75) is 12.2 Å². The van der Waals surface area contributed by atoms with Gasteiger partial charge in [-0.3, -0.25) is 14.5 Å². The lowest BCUT2D eigenvalue weighted by Crippen LogP contribution is -2.64. The molecule has 0 aliphatic carbocycles. The Morgan fingerprint density at radius 1 is 1.12 bits per heavy atom. The van der Waals surface area contributed by atoms with Gasteiger partial charge in [0.15, 0.2) is 0 Å². The maximum Gasteiger partial charge on any atom is 0.416 e. The number of carbonyl (C=O) groups excluding carboxylic acids is 2. The summed E-state index contributed by atoms with van der Waals surface area (Å²) in [6.45, 7) is 7.54. The van der Waals surface area contributed by atoms with Crippen LogP contribution in [0.5, 0.6) is 0 Å². The van der Waals surface area contributed by atoms with E-state index in [1.54, 1.807) is 21.3 Å². The minimum Gasteiger partial charge on any atom is -0.404 e. The Labute approximate surface area is 197 Å². The molecule has 1 aromatic heterocycles. The monoisotopic (exact) mass is 496 g/mol. The number of hydrogen-bond acceptors (Lipinski definition) is 6. The van der Waals surface area contributed by atoms with Gasteiger partial charge >= 0.3 is 6.18 Å². The zero-order valence-electron chi connectivity index (χ0n) is 17.7. The summed E-state index contributed by atoms with van der Waals surface area (Å²) in [6, 6.07) is 5.41. The van der Waals surface area contributed by atoms with E-state index in [4.69, 9.17) is 5.73 Å². The highest BCUT2D eigenvalue weighted by atomic mass is 32.2. The standard InChI is InChI=1S/C22H23F3N4O2S2/c1-14(32-9-4-26)20(30)28-7-5-27(6-8-28)17-12-29(13-17)21(31)19-10-15-2-3-16(22(23,24)25)11-18(15)33-19/h2-4,9-11,17H,1,5-8,12-13,26H2/b9-4-. The maximum atomic E-state index is 12.9. The normalized spacial score (nSPS) is 18.2. The molecule has 1 aromatic carbocycles. The van der Waals surface area contributed by atoms with E-state index in [9.17, 15) is 22.8 Å². The molecule has 2 aliphatic rings. The molecule has 6 nitrogen and oxygen atoms in total. The Balaban J connectivity index is 1.29. The number of thiophene rings is 1. The molecule has 4 rings (SSSR count). The summed E-state index contributed by atoms with van der Waals surface area (Å²) in [5.74, 6) is -0.252. The fourth-order valence-corrected chi connectivity index (χ4v) is 5.50. The molecule has 3 heterocycles. The summed E-state index contributed by atoms with van der Waals surface area (Å²) in [4.78, 5) is 31.9. The summed E-state index contributed by atoms with van der Waals surface area (Å²) in [5.41, 5.74) is 4.58. The van der Waals surface area contributed by atoms with Crippen molar-refractivity contribution in [2.24, 2.45) is 5.73 Å². The molecule has 2 fully saturated rings. The fraction of sp³-hybridized carbons (Fsp3) is 0.364. The van der Waals surface area contributed by atoms with Crippen LogP contribution in [0, 0.1) is 0 Å². The number of thioether (sulfide) groups is 1. The van der Waals surface area contributed by atoms with Crippen molar-refractivity contribution in [3.8, 4) is 0 Å². The molecule has 176 valence electrons. The molecule has 0 radical (unpaired) electrons. The number of piperazine rings is 1. The van der Waals surface area contributed by atoms with Gasteiger partial charge in [-0.1, -0.05) is 24.4 Å². The number of carbonyl (C=O) groups is 2. The smallest absolute Gasteiger partial charge is 0.404 e. The summed E-state index contributed by atoms with van der Waals surface area (Å²) in [7, 11) is 0. The van der Waals surface area contributed by atoms with Crippen LogP contribution in [-0.2, 0) is 11.0 Å². The predicted molar refractivity (Wildman–Crippen MR) is 125 cm³/mol. The summed E-state index contributed by atoms with van der Waals surface area (Å²) >= 11 is 2.29. The van der Waals surface area contributed by atoms with Gasteiger partial charge in [-0.05, 0) is 29.0 Å². The first-order valence-electron chi connectivity index (χ1n) is 10.3. The lowest BCUT2D eigenvalue weighted by Gasteiger charge is -2.48. The van der Waals surface area contributed by atoms with Crippen LogP contribution in [0.2, 0.25) is 0 Å². The number of hydrogen-bond donors (Lipinski definition) is 1. The van der Waals surface area contributed by atoms with Gasteiger partial charge in [0, 0.05) is 56.2 Å². The lowest BCUT2D eigenvalue weighted by molar-refractivity contribution is -0.137. The largest absolute Gasteiger partial charge is 0.416 e. The van der Waals surface area contributed by atoms with Crippen LogP contribution in [0.15, 0.2) is 47.4 Å². The zero-order chi connectivity index (χ0) is 23.8. The average molecular weight is 497 g/mol. The molecular weight excluding hydrogens is 473 g/mol. The molecule has 2 saturated heterocycles. The van der Waals surface area contributed by atoms with E-state index in [-0.39, 0.29) is 17.9 Å². The third kappa shape index (κ3) is 5.04. The molecule has 0 bridgehead atoms. The van der Waals surface area contributed by atoms with E-state index in [2.05, 4.69) is 11.5 Å². The molecule has 2 N–H and O–H groups in total. The molecule has 0 unspecified atom stereocenters. The third-order valence-corrected chi connectivity index (χ3v) is 7.69. The molecule has 0 spiro atoms. The van der Waals surface area contributed by atoms with E-state index < -0.39 is 11.7 Å². The van der Waals surface area contributed by atoms with E-state index >= 15 is 0 Å². The van der Waals surface area contributed by atoms with Crippen molar-refractivity contribution in [3.63, 3.8) is 0 Å². The van der Waals surface area contributed by atoms with Crippen LogP contribution in [0.3, 0.4) is 0 Å². The Morgan fingerprint density at radius 2 is 1.82 bits per heavy atom. The van der Waals surface area contributed by atoms with Crippen LogP contribution in [-0.4, -0.2) is 71.8 Å². The molecule has 33 heavy (non-hydrogen) atoms. The maximum absolute atomic E-state index is 12.9. The van der Waals surface area contributed by atoms with Gasteiger partial charge in [-0.15, -0.1) is 11.3 Å². The molecule has 11 heteroatoms. The van der Waals surface area contributed by atoms with E-state index in [1.807, 2.05) is 0 Å². The Morgan fingerprint density at radius 3 is 2.45 bits per heavy atom. The molecule has 2 aromatic rings. The van der Waals surface area contributed by atoms with Gasteiger partial charge in [0.05, 0.1) is 15.3 Å². The molecular formula is C22H23F3N4O2S2. The molecule has 0 atom stereocenters. The van der Waals surface area contributed by atoms with Gasteiger partial charge < -0.3 is 15.5 Å². The number of likely N-dealkylation sites (tertiary alicyclic amines) is 1. The second kappa shape index (κ2) is 9.40. The van der Waals surface area contributed by atoms with Crippen molar-refractivity contribution in [2.75, 3.05) is 39.3 Å². The SMILES string of the molecule is C=C(S/C=C\N)C(=O)N1CCN(C2CN(C(=O)c3cc4ccc(C(F)(F)F)cc4s3)C2)CC1. The van der Waals surface area contributed by atoms with Gasteiger partial charge in [0.25, 0.3) is 11.8 Å². The van der Waals surface area contributed by atoms with Gasteiger partial charge in [-0.25, -0.2) is 0 Å². The van der Waals surface area contributed by atoms with Crippen molar-refractivity contribution in [1.29, 1.82) is 0 Å². The van der Waals surface area contributed by atoms with E-state index in [1.165, 1.54) is 24.0 Å². The number of fused-ring (bicyclic) bond motifs is 1. The molecule has 0 saturated carbocycles. The first-order valence-corrected chi connectivity index (χ1v) is 12.0. The van der Waals surface area contributed by atoms with E-state index in [0.717, 1.165) is 23.5 Å². The Hall–Kier alpha value is -2.50. The van der Waals surface area contributed by atoms with Crippen molar-refractivity contribution < 1.29 is 22.8 Å². The van der Waals surface area contributed by atoms with Crippen LogP contribution >= 0.6 is 23.1 Å². The fourth-order valence-electron chi connectivity index (χ4n) is 3.96. The highest BCUT2D eigenvalue weighted by Crippen LogP contribution is 2.35. The third-order valence-electron chi connectivity index (χ3n) is 5.85. The minimum atomic E-state index is -4.41. The summed E-state index contributed by atoms with van der Waals surface area (Å²) in [5, 5.41) is 2.25.